The summed E-state index contributed by atoms with van der Waals surface area (Å²) in [6, 6.07) is 7.24. The molecule has 4 heteroatoms. The van der Waals surface area contributed by atoms with Gasteiger partial charge >= 0.3 is 5.97 Å². The maximum absolute atomic E-state index is 11.1. The smallest absolute Gasteiger partial charge is 0.331 e. The minimum atomic E-state index is -0.912. The number of carbonyl (C=O) groups is 1. The van der Waals surface area contributed by atoms with Crippen LogP contribution in [0.15, 0.2) is 29.8 Å². The monoisotopic (exact) mass is 250 g/mol. The van der Waals surface area contributed by atoms with E-state index in [2.05, 4.69) is 0 Å². The van der Waals surface area contributed by atoms with E-state index in [1.54, 1.807) is 25.3 Å². The normalized spacial score (nSPS) is 11.3. The molecule has 0 fully saturated rings. The number of carboxylic acid groups (broad SMARTS) is 1. The predicted octanol–water partition coefficient (Wildman–Crippen LogP) is 2.59. The van der Waals surface area contributed by atoms with E-state index in [0.29, 0.717) is 25.2 Å². The van der Waals surface area contributed by atoms with Gasteiger partial charge in [0, 0.05) is 18.6 Å². The number of hydrogen-bond acceptors (Lipinski definition) is 3. The molecular formula is C14H18O4. The van der Waals surface area contributed by atoms with E-state index in [4.69, 9.17) is 14.6 Å². The van der Waals surface area contributed by atoms with Gasteiger partial charge in [0.15, 0.2) is 0 Å². The van der Waals surface area contributed by atoms with Crippen LogP contribution in [-0.2, 0) is 9.53 Å². The Bertz CT molecular complexity index is 406. The Morgan fingerprint density at radius 3 is 2.50 bits per heavy atom. The highest BCUT2D eigenvalue weighted by molar-refractivity contribution is 5.92. The van der Waals surface area contributed by atoms with Crippen molar-refractivity contribution in [3.63, 3.8) is 0 Å². The standard InChI is InChI=1S/C14H18O4/c1-3-18-9-8-12(14(15)16)10-11-4-6-13(17-2)7-5-11/h4-7,10H,3,8-9H2,1-2H3,(H,15,16)/b12-10+. The lowest BCUT2D eigenvalue weighted by molar-refractivity contribution is -0.132. The third-order valence-electron chi connectivity index (χ3n) is 2.45. The van der Waals surface area contributed by atoms with Crippen molar-refractivity contribution in [2.75, 3.05) is 20.3 Å². The molecule has 18 heavy (non-hydrogen) atoms. The molecule has 0 radical (unpaired) electrons. The van der Waals surface area contributed by atoms with Crippen molar-refractivity contribution in [3.8, 4) is 5.75 Å². The molecule has 0 atom stereocenters. The quantitative estimate of drug-likeness (QED) is 0.597. The average Bonchev–Trinajstić information content (AvgIpc) is 2.38. The Hall–Kier alpha value is -1.81. The Morgan fingerprint density at radius 2 is 2.00 bits per heavy atom. The molecule has 0 aromatic heterocycles. The number of methoxy groups -OCH3 is 1. The molecule has 0 unspecified atom stereocenters. The fourth-order valence-corrected chi connectivity index (χ4v) is 1.47. The summed E-state index contributed by atoms with van der Waals surface area (Å²) in [6.45, 7) is 2.90. The van der Waals surface area contributed by atoms with Crippen LogP contribution in [0.25, 0.3) is 6.08 Å². The van der Waals surface area contributed by atoms with Crippen molar-refractivity contribution in [1.82, 2.24) is 0 Å². The van der Waals surface area contributed by atoms with Gasteiger partial charge < -0.3 is 14.6 Å². The first-order valence-electron chi connectivity index (χ1n) is 5.83. The van der Waals surface area contributed by atoms with Crippen LogP contribution in [0, 0.1) is 0 Å². The number of carboxylic acids is 1. The van der Waals surface area contributed by atoms with Gasteiger partial charge in [-0.05, 0) is 30.7 Å². The van der Waals surface area contributed by atoms with Crippen molar-refractivity contribution < 1.29 is 19.4 Å². The van der Waals surface area contributed by atoms with Gasteiger partial charge in [-0.3, -0.25) is 0 Å². The molecule has 0 aliphatic heterocycles. The molecule has 1 N–H and O–H groups in total. The minimum absolute atomic E-state index is 0.341. The summed E-state index contributed by atoms with van der Waals surface area (Å²) in [4.78, 5) is 11.1. The number of hydrogen-bond donors (Lipinski definition) is 1. The van der Waals surface area contributed by atoms with Crippen molar-refractivity contribution >= 4 is 12.0 Å². The Morgan fingerprint density at radius 1 is 1.33 bits per heavy atom. The van der Waals surface area contributed by atoms with Gasteiger partial charge in [0.05, 0.1) is 13.7 Å². The minimum Gasteiger partial charge on any atom is -0.497 e. The molecular weight excluding hydrogens is 232 g/mol. The number of rotatable bonds is 7. The van der Waals surface area contributed by atoms with Gasteiger partial charge in [-0.1, -0.05) is 12.1 Å². The van der Waals surface area contributed by atoms with Gasteiger partial charge in [0.1, 0.15) is 5.75 Å². The van der Waals surface area contributed by atoms with Gasteiger partial charge in [-0.15, -0.1) is 0 Å². The van der Waals surface area contributed by atoms with Crippen LogP contribution in [0.4, 0.5) is 0 Å². The SMILES string of the molecule is CCOCC/C(=C\c1ccc(OC)cc1)C(=O)O. The Kier molecular flexibility index (Phi) is 5.94. The summed E-state index contributed by atoms with van der Waals surface area (Å²) in [6.07, 6.45) is 2.05. The van der Waals surface area contributed by atoms with E-state index >= 15 is 0 Å². The van der Waals surface area contributed by atoms with E-state index in [1.807, 2.05) is 19.1 Å². The van der Waals surface area contributed by atoms with E-state index < -0.39 is 5.97 Å². The maximum atomic E-state index is 11.1. The van der Waals surface area contributed by atoms with E-state index in [9.17, 15) is 4.79 Å². The van der Waals surface area contributed by atoms with Gasteiger partial charge in [0.25, 0.3) is 0 Å². The maximum Gasteiger partial charge on any atom is 0.331 e. The van der Waals surface area contributed by atoms with Crippen molar-refractivity contribution in [2.45, 2.75) is 13.3 Å². The van der Waals surface area contributed by atoms with Gasteiger partial charge in [-0.25, -0.2) is 4.79 Å². The highest BCUT2D eigenvalue weighted by Gasteiger charge is 2.07. The summed E-state index contributed by atoms with van der Waals surface area (Å²) >= 11 is 0. The van der Waals surface area contributed by atoms with Crippen molar-refractivity contribution in [3.05, 3.63) is 35.4 Å². The molecule has 1 aromatic rings. The Labute approximate surface area is 107 Å². The largest absolute Gasteiger partial charge is 0.497 e. The molecule has 0 amide bonds. The first-order valence-corrected chi connectivity index (χ1v) is 5.83. The number of aliphatic carboxylic acids is 1. The lowest BCUT2D eigenvalue weighted by atomic mass is 10.1. The van der Waals surface area contributed by atoms with E-state index in [0.717, 1.165) is 11.3 Å². The molecule has 0 spiro atoms. The average molecular weight is 250 g/mol. The second-order valence-electron chi connectivity index (χ2n) is 3.69. The summed E-state index contributed by atoms with van der Waals surface area (Å²) < 4.78 is 10.2. The van der Waals surface area contributed by atoms with Crippen LogP contribution in [0.3, 0.4) is 0 Å². The van der Waals surface area contributed by atoms with Crippen LogP contribution < -0.4 is 4.74 Å². The molecule has 0 saturated carbocycles. The molecule has 4 nitrogen and oxygen atoms in total. The Balaban J connectivity index is 2.76. The fourth-order valence-electron chi connectivity index (χ4n) is 1.47. The zero-order chi connectivity index (χ0) is 13.4. The van der Waals surface area contributed by atoms with Crippen LogP contribution in [0.5, 0.6) is 5.75 Å². The topological polar surface area (TPSA) is 55.8 Å². The molecule has 0 aliphatic rings. The molecule has 1 rings (SSSR count). The summed E-state index contributed by atoms with van der Waals surface area (Å²) in [5.74, 6) is -0.163. The molecule has 1 aromatic carbocycles. The zero-order valence-electron chi connectivity index (χ0n) is 10.7. The summed E-state index contributed by atoms with van der Waals surface area (Å²) in [5.41, 5.74) is 1.18. The third kappa shape index (κ3) is 4.59. The second kappa shape index (κ2) is 7.50. The molecule has 0 bridgehead atoms. The second-order valence-corrected chi connectivity index (χ2v) is 3.69. The third-order valence-corrected chi connectivity index (χ3v) is 2.45. The zero-order valence-corrected chi connectivity index (χ0v) is 10.7. The van der Waals surface area contributed by atoms with Crippen LogP contribution in [-0.4, -0.2) is 31.4 Å². The summed E-state index contributed by atoms with van der Waals surface area (Å²) in [7, 11) is 1.59. The van der Waals surface area contributed by atoms with E-state index in [1.165, 1.54) is 0 Å². The van der Waals surface area contributed by atoms with Crippen LogP contribution >= 0.6 is 0 Å². The van der Waals surface area contributed by atoms with Gasteiger partial charge in [0.2, 0.25) is 0 Å². The van der Waals surface area contributed by atoms with Crippen molar-refractivity contribution in [1.29, 1.82) is 0 Å². The fraction of sp³-hybridized carbons (Fsp3) is 0.357. The van der Waals surface area contributed by atoms with E-state index in [-0.39, 0.29) is 0 Å². The van der Waals surface area contributed by atoms with Crippen molar-refractivity contribution in [2.24, 2.45) is 0 Å². The van der Waals surface area contributed by atoms with Crippen LogP contribution in [0.1, 0.15) is 18.9 Å². The lowest BCUT2D eigenvalue weighted by Gasteiger charge is -2.04. The van der Waals surface area contributed by atoms with Gasteiger partial charge in [-0.2, -0.15) is 0 Å². The highest BCUT2D eigenvalue weighted by atomic mass is 16.5. The molecule has 98 valence electrons. The number of benzene rings is 1. The molecule has 0 aliphatic carbocycles. The molecule has 0 saturated heterocycles. The first kappa shape index (κ1) is 14.3. The highest BCUT2D eigenvalue weighted by Crippen LogP contribution is 2.15. The molecule has 0 heterocycles. The predicted molar refractivity (Wildman–Crippen MR) is 69.7 cm³/mol. The number of ether oxygens (including phenoxy) is 2. The summed E-state index contributed by atoms with van der Waals surface area (Å²) in [5, 5.41) is 9.09. The van der Waals surface area contributed by atoms with Crippen LogP contribution in [0.2, 0.25) is 0 Å². The first-order chi connectivity index (χ1) is 8.67. The lowest BCUT2D eigenvalue weighted by Crippen LogP contribution is -2.04.